The van der Waals surface area contributed by atoms with Gasteiger partial charge < -0.3 is 0 Å². The van der Waals surface area contributed by atoms with Crippen LogP contribution in [0.3, 0.4) is 0 Å². The lowest BCUT2D eigenvalue weighted by Crippen LogP contribution is -2.09. The van der Waals surface area contributed by atoms with E-state index < -0.39 is 0 Å². The quantitative estimate of drug-likeness (QED) is 0.618. The molecule has 1 nitrogen and oxygen atoms in total. The first-order chi connectivity index (χ1) is 6.22. The predicted molar refractivity (Wildman–Crippen MR) is 55.0 cm³/mol. The van der Waals surface area contributed by atoms with Crippen LogP contribution in [0.15, 0.2) is 0 Å². The molecular formula is C11H13NS. The standard InChI is InChI=1S/C11H13NS/c1-7-3-4-9-10(6-12)8(2)13-11(9)5-7/h7H,3-5H2,1-2H3. The summed E-state index contributed by atoms with van der Waals surface area (Å²) in [6, 6.07) is 2.33. The Bertz CT molecular complexity index is 370. The molecule has 1 unspecified atom stereocenters. The second-order valence-corrected chi connectivity index (χ2v) is 5.20. The van der Waals surface area contributed by atoms with E-state index in [-0.39, 0.29) is 0 Å². The fraction of sp³-hybridized carbons (Fsp3) is 0.545. The normalized spacial score (nSPS) is 20.8. The van der Waals surface area contributed by atoms with Crippen molar-refractivity contribution in [3.63, 3.8) is 0 Å². The highest BCUT2D eigenvalue weighted by Crippen LogP contribution is 2.35. The van der Waals surface area contributed by atoms with Crippen molar-refractivity contribution in [3.8, 4) is 6.07 Å². The van der Waals surface area contributed by atoms with E-state index >= 15 is 0 Å². The van der Waals surface area contributed by atoms with E-state index in [1.165, 1.54) is 28.2 Å². The Morgan fingerprint density at radius 1 is 1.54 bits per heavy atom. The minimum atomic E-state index is 0.803. The number of rotatable bonds is 0. The van der Waals surface area contributed by atoms with Gasteiger partial charge in [0.05, 0.1) is 5.56 Å². The highest BCUT2D eigenvalue weighted by Gasteiger charge is 2.21. The van der Waals surface area contributed by atoms with E-state index in [1.807, 2.05) is 11.3 Å². The molecule has 0 N–H and O–H groups in total. The zero-order chi connectivity index (χ0) is 9.42. The molecule has 1 atom stereocenters. The van der Waals surface area contributed by atoms with Gasteiger partial charge >= 0.3 is 0 Å². The van der Waals surface area contributed by atoms with Crippen LogP contribution in [-0.2, 0) is 12.8 Å². The number of fused-ring (bicyclic) bond motifs is 1. The summed E-state index contributed by atoms with van der Waals surface area (Å²) in [5, 5.41) is 8.99. The Labute approximate surface area is 83.0 Å². The summed E-state index contributed by atoms with van der Waals surface area (Å²) in [4.78, 5) is 2.68. The minimum Gasteiger partial charge on any atom is -0.192 e. The van der Waals surface area contributed by atoms with Crippen LogP contribution in [0, 0.1) is 24.2 Å². The molecule has 68 valence electrons. The van der Waals surface area contributed by atoms with Crippen LogP contribution in [-0.4, -0.2) is 0 Å². The molecule has 0 saturated heterocycles. The first kappa shape index (κ1) is 8.77. The van der Waals surface area contributed by atoms with Crippen molar-refractivity contribution in [1.29, 1.82) is 5.26 Å². The van der Waals surface area contributed by atoms with Crippen LogP contribution >= 0.6 is 11.3 Å². The number of hydrogen-bond acceptors (Lipinski definition) is 2. The summed E-state index contributed by atoms with van der Waals surface area (Å²) in [5.74, 6) is 0.803. The zero-order valence-electron chi connectivity index (χ0n) is 8.05. The minimum absolute atomic E-state index is 0.803. The van der Waals surface area contributed by atoms with Crippen molar-refractivity contribution in [2.24, 2.45) is 5.92 Å². The van der Waals surface area contributed by atoms with Crippen LogP contribution in [0.4, 0.5) is 0 Å². The fourth-order valence-corrected chi connectivity index (χ4v) is 3.37. The summed E-state index contributed by atoms with van der Waals surface area (Å²) in [6.45, 7) is 4.36. The van der Waals surface area contributed by atoms with E-state index in [4.69, 9.17) is 5.26 Å². The predicted octanol–water partition coefficient (Wildman–Crippen LogP) is 3.05. The highest BCUT2D eigenvalue weighted by atomic mass is 32.1. The third kappa shape index (κ3) is 1.38. The summed E-state index contributed by atoms with van der Waals surface area (Å²) in [5.41, 5.74) is 2.31. The van der Waals surface area contributed by atoms with Crippen molar-refractivity contribution < 1.29 is 0 Å². The van der Waals surface area contributed by atoms with E-state index in [0.29, 0.717) is 0 Å². The number of nitriles is 1. The molecule has 1 aromatic rings. The van der Waals surface area contributed by atoms with Crippen LogP contribution in [0.5, 0.6) is 0 Å². The van der Waals surface area contributed by atoms with Crippen LogP contribution in [0.25, 0.3) is 0 Å². The zero-order valence-corrected chi connectivity index (χ0v) is 8.87. The Morgan fingerprint density at radius 3 is 3.00 bits per heavy atom. The monoisotopic (exact) mass is 191 g/mol. The smallest absolute Gasteiger partial charge is 0.101 e. The van der Waals surface area contributed by atoms with Gasteiger partial charge in [0.25, 0.3) is 0 Å². The Hall–Kier alpha value is -0.810. The van der Waals surface area contributed by atoms with Crippen LogP contribution in [0.2, 0.25) is 0 Å². The molecule has 13 heavy (non-hydrogen) atoms. The Kier molecular flexibility index (Phi) is 2.13. The summed E-state index contributed by atoms with van der Waals surface area (Å²) in [7, 11) is 0. The maximum atomic E-state index is 8.99. The van der Waals surface area contributed by atoms with Gasteiger partial charge in [-0.05, 0) is 37.7 Å². The molecule has 1 heterocycles. The van der Waals surface area contributed by atoms with Crippen molar-refractivity contribution in [3.05, 3.63) is 20.9 Å². The molecule has 0 aliphatic heterocycles. The number of hydrogen-bond donors (Lipinski definition) is 0. The SMILES string of the molecule is Cc1sc2c(c1C#N)CCC(C)C2. The summed E-state index contributed by atoms with van der Waals surface area (Å²) in [6.07, 6.45) is 3.55. The van der Waals surface area contributed by atoms with Crippen molar-refractivity contribution >= 4 is 11.3 Å². The fourth-order valence-electron chi connectivity index (χ4n) is 2.03. The van der Waals surface area contributed by atoms with Gasteiger partial charge in [0.15, 0.2) is 0 Å². The van der Waals surface area contributed by atoms with Gasteiger partial charge in [-0.25, -0.2) is 0 Å². The van der Waals surface area contributed by atoms with Crippen LogP contribution < -0.4 is 0 Å². The molecule has 0 bridgehead atoms. The van der Waals surface area contributed by atoms with Gasteiger partial charge in [0, 0.05) is 9.75 Å². The van der Waals surface area contributed by atoms with Gasteiger partial charge in [0.1, 0.15) is 6.07 Å². The van der Waals surface area contributed by atoms with Gasteiger partial charge in [-0.3, -0.25) is 0 Å². The molecule has 0 radical (unpaired) electrons. The van der Waals surface area contributed by atoms with Crippen molar-refractivity contribution in [2.45, 2.75) is 33.1 Å². The maximum absolute atomic E-state index is 8.99. The molecular weight excluding hydrogens is 178 g/mol. The Morgan fingerprint density at radius 2 is 2.31 bits per heavy atom. The van der Waals surface area contributed by atoms with Gasteiger partial charge in [-0.1, -0.05) is 6.92 Å². The van der Waals surface area contributed by atoms with Crippen molar-refractivity contribution in [2.75, 3.05) is 0 Å². The molecule has 0 spiro atoms. The molecule has 2 rings (SSSR count). The highest BCUT2D eigenvalue weighted by molar-refractivity contribution is 7.12. The lowest BCUT2D eigenvalue weighted by atomic mass is 9.88. The molecule has 1 aliphatic rings. The maximum Gasteiger partial charge on any atom is 0.101 e. The molecule has 0 fully saturated rings. The molecule has 2 heteroatoms. The summed E-state index contributed by atoms with van der Waals surface area (Å²) < 4.78 is 0. The molecule has 0 aromatic carbocycles. The lowest BCUT2D eigenvalue weighted by molar-refractivity contribution is 0.507. The molecule has 0 amide bonds. The van der Waals surface area contributed by atoms with E-state index in [1.54, 1.807) is 0 Å². The second-order valence-electron chi connectivity index (χ2n) is 3.89. The van der Waals surface area contributed by atoms with E-state index in [2.05, 4.69) is 19.9 Å². The first-order valence-electron chi connectivity index (χ1n) is 4.73. The van der Waals surface area contributed by atoms with Crippen molar-refractivity contribution in [1.82, 2.24) is 0 Å². The number of thiophene rings is 1. The van der Waals surface area contributed by atoms with Gasteiger partial charge in [0.2, 0.25) is 0 Å². The molecule has 0 saturated carbocycles. The molecule has 1 aliphatic carbocycles. The third-order valence-corrected chi connectivity index (χ3v) is 3.97. The summed E-state index contributed by atoms with van der Waals surface area (Å²) >= 11 is 1.82. The number of aryl methyl sites for hydroxylation is 1. The molecule has 1 aromatic heterocycles. The Balaban J connectivity index is 2.48. The van der Waals surface area contributed by atoms with Gasteiger partial charge in [-0.15, -0.1) is 11.3 Å². The first-order valence-corrected chi connectivity index (χ1v) is 5.55. The second kappa shape index (κ2) is 3.16. The average molecular weight is 191 g/mol. The van der Waals surface area contributed by atoms with E-state index in [9.17, 15) is 0 Å². The van der Waals surface area contributed by atoms with Crippen LogP contribution in [0.1, 0.15) is 34.2 Å². The topological polar surface area (TPSA) is 23.8 Å². The van der Waals surface area contributed by atoms with E-state index in [0.717, 1.165) is 17.9 Å². The largest absolute Gasteiger partial charge is 0.192 e. The third-order valence-electron chi connectivity index (χ3n) is 2.80. The lowest BCUT2D eigenvalue weighted by Gasteiger charge is -2.17. The number of nitrogens with zero attached hydrogens (tertiary/aromatic N) is 1. The average Bonchev–Trinajstić information content (AvgIpc) is 2.39. The van der Waals surface area contributed by atoms with Gasteiger partial charge in [-0.2, -0.15) is 5.26 Å².